The fourth-order valence-corrected chi connectivity index (χ4v) is 2.89. The first kappa shape index (κ1) is 14.4. The maximum Gasteiger partial charge on any atom is 0.248 e. The van der Waals surface area contributed by atoms with Crippen LogP contribution in [0, 0.1) is 5.82 Å². The maximum atomic E-state index is 13.3. The Morgan fingerprint density at radius 3 is 2.92 bits per heavy atom. The molecule has 7 heteroatoms. The topological polar surface area (TPSA) is 76.0 Å². The number of benzene rings is 2. The average molecular weight is 324 g/mol. The number of hydrogen-bond acceptors (Lipinski definition) is 3. The van der Waals surface area contributed by atoms with Crippen molar-refractivity contribution < 1.29 is 14.0 Å². The SMILES string of the molecule is O=C1C[C@@H](C(=O)Nc2cccc(F)c2)n2c(nc3ccccc32)N1. The van der Waals surface area contributed by atoms with E-state index in [0.29, 0.717) is 17.2 Å². The Hall–Kier alpha value is -3.22. The van der Waals surface area contributed by atoms with Gasteiger partial charge in [0.25, 0.3) is 0 Å². The Kier molecular flexibility index (Phi) is 3.26. The molecule has 0 unspecified atom stereocenters. The standard InChI is InChI=1S/C17H13FN4O2/c18-10-4-3-5-11(8-10)19-16(24)14-9-15(23)21-17-20-12-6-1-2-7-13(12)22(14)17/h1-8,14H,9H2,(H,19,24)(H,20,21,23)/t14-/m0/s1. The van der Waals surface area contributed by atoms with Crippen molar-refractivity contribution in [2.24, 2.45) is 0 Å². The van der Waals surface area contributed by atoms with Gasteiger partial charge in [0.05, 0.1) is 17.5 Å². The van der Waals surface area contributed by atoms with E-state index in [1.54, 1.807) is 10.6 Å². The van der Waals surface area contributed by atoms with Crippen LogP contribution in [-0.2, 0) is 9.59 Å². The number of rotatable bonds is 2. The van der Waals surface area contributed by atoms with Gasteiger partial charge in [-0.05, 0) is 30.3 Å². The van der Waals surface area contributed by atoms with Crippen molar-refractivity contribution in [3.05, 3.63) is 54.3 Å². The van der Waals surface area contributed by atoms with Crippen LogP contribution < -0.4 is 10.6 Å². The van der Waals surface area contributed by atoms with Crippen molar-refractivity contribution in [3.63, 3.8) is 0 Å². The van der Waals surface area contributed by atoms with E-state index in [0.717, 1.165) is 5.52 Å². The fraction of sp³-hybridized carbons (Fsp3) is 0.118. The average Bonchev–Trinajstić information content (AvgIpc) is 2.92. The molecule has 0 aliphatic carbocycles. The molecule has 1 aliphatic rings. The van der Waals surface area contributed by atoms with Gasteiger partial charge in [-0.25, -0.2) is 9.37 Å². The highest BCUT2D eigenvalue weighted by Gasteiger charge is 2.32. The lowest BCUT2D eigenvalue weighted by atomic mass is 10.1. The second kappa shape index (κ2) is 5.45. The lowest BCUT2D eigenvalue weighted by molar-refractivity contribution is -0.124. The zero-order valence-electron chi connectivity index (χ0n) is 12.5. The number of halogens is 1. The van der Waals surface area contributed by atoms with Gasteiger partial charge < -0.3 is 5.32 Å². The van der Waals surface area contributed by atoms with Gasteiger partial charge >= 0.3 is 0 Å². The van der Waals surface area contributed by atoms with Crippen LogP contribution in [0.5, 0.6) is 0 Å². The van der Waals surface area contributed by atoms with E-state index in [9.17, 15) is 14.0 Å². The third-order valence-electron chi connectivity index (χ3n) is 3.93. The van der Waals surface area contributed by atoms with Gasteiger partial charge in [-0.1, -0.05) is 18.2 Å². The van der Waals surface area contributed by atoms with E-state index in [-0.39, 0.29) is 18.2 Å². The third kappa shape index (κ3) is 2.40. The summed E-state index contributed by atoms with van der Waals surface area (Å²) in [4.78, 5) is 28.9. The number of fused-ring (bicyclic) bond motifs is 3. The zero-order chi connectivity index (χ0) is 16.7. The molecule has 24 heavy (non-hydrogen) atoms. The zero-order valence-corrected chi connectivity index (χ0v) is 12.5. The van der Waals surface area contributed by atoms with Gasteiger partial charge in [0.2, 0.25) is 17.8 Å². The first-order valence-corrected chi connectivity index (χ1v) is 7.45. The Labute approximate surface area is 136 Å². The minimum absolute atomic E-state index is 0.00545. The predicted octanol–water partition coefficient (Wildman–Crippen LogP) is 2.70. The number of amides is 2. The number of aromatic nitrogens is 2. The van der Waals surface area contributed by atoms with E-state index < -0.39 is 11.9 Å². The quantitative estimate of drug-likeness (QED) is 0.761. The minimum atomic E-state index is -0.746. The first-order chi connectivity index (χ1) is 11.6. The summed E-state index contributed by atoms with van der Waals surface area (Å²) in [5.74, 6) is -0.771. The van der Waals surface area contributed by atoms with Crippen molar-refractivity contribution in [3.8, 4) is 0 Å². The van der Waals surface area contributed by atoms with E-state index in [4.69, 9.17) is 0 Å². The number of nitrogens with zero attached hydrogens (tertiary/aromatic N) is 2. The molecule has 1 atom stereocenters. The van der Waals surface area contributed by atoms with Gasteiger partial charge in [-0.3, -0.25) is 19.5 Å². The third-order valence-corrected chi connectivity index (χ3v) is 3.93. The second-order valence-electron chi connectivity index (χ2n) is 5.56. The number of para-hydroxylation sites is 2. The van der Waals surface area contributed by atoms with Crippen molar-refractivity contribution in [1.82, 2.24) is 9.55 Å². The highest BCUT2D eigenvalue weighted by Crippen LogP contribution is 2.31. The minimum Gasteiger partial charge on any atom is -0.324 e. The Bertz CT molecular complexity index is 966. The van der Waals surface area contributed by atoms with Gasteiger partial charge in [-0.2, -0.15) is 0 Å². The fourth-order valence-electron chi connectivity index (χ4n) is 2.89. The summed E-state index contributed by atoms with van der Waals surface area (Å²) in [6, 6.07) is 12.2. The predicted molar refractivity (Wildman–Crippen MR) is 87.0 cm³/mol. The van der Waals surface area contributed by atoms with Crippen LogP contribution in [0.25, 0.3) is 11.0 Å². The largest absolute Gasteiger partial charge is 0.324 e. The number of anilines is 2. The normalized spacial score (nSPS) is 16.5. The van der Waals surface area contributed by atoms with Crippen molar-refractivity contribution in [2.45, 2.75) is 12.5 Å². The monoisotopic (exact) mass is 324 g/mol. The Morgan fingerprint density at radius 1 is 1.25 bits per heavy atom. The van der Waals surface area contributed by atoms with Gasteiger partial charge in [0, 0.05) is 5.69 Å². The van der Waals surface area contributed by atoms with Gasteiger partial charge in [-0.15, -0.1) is 0 Å². The highest BCUT2D eigenvalue weighted by atomic mass is 19.1. The van der Waals surface area contributed by atoms with Crippen molar-refractivity contribution >= 4 is 34.5 Å². The molecule has 0 radical (unpaired) electrons. The summed E-state index contributed by atoms with van der Waals surface area (Å²) in [6.07, 6.45) is -0.00545. The lowest BCUT2D eigenvalue weighted by Gasteiger charge is -2.24. The van der Waals surface area contributed by atoms with Crippen LogP contribution >= 0.6 is 0 Å². The van der Waals surface area contributed by atoms with Crippen LogP contribution in [-0.4, -0.2) is 21.4 Å². The molecule has 0 saturated carbocycles. The molecule has 2 aromatic carbocycles. The molecule has 0 spiro atoms. The molecule has 6 nitrogen and oxygen atoms in total. The first-order valence-electron chi connectivity index (χ1n) is 7.45. The number of imidazole rings is 1. The highest BCUT2D eigenvalue weighted by molar-refractivity contribution is 6.02. The van der Waals surface area contributed by atoms with Gasteiger partial charge in [0.15, 0.2) is 0 Å². The molecule has 4 rings (SSSR count). The van der Waals surface area contributed by atoms with Crippen LogP contribution in [0.1, 0.15) is 12.5 Å². The summed E-state index contributed by atoms with van der Waals surface area (Å²) >= 11 is 0. The Morgan fingerprint density at radius 2 is 2.08 bits per heavy atom. The molecule has 2 heterocycles. The molecule has 120 valence electrons. The molecule has 1 aliphatic heterocycles. The van der Waals surface area contributed by atoms with E-state index in [2.05, 4.69) is 15.6 Å². The molecule has 0 saturated heterocycles. The van der Waals surface area contributed by atoms with E-state index in [1.165, 1.54) is 18.2 Å². The number of hydrogen-bond donors (Lipinski definition) is 2. The van der Waals surface area contributed by atoms with Crippen LogP contribution in [0.3, 0.4) is 0 Å². The summed E-state index contributed by atoms with van der Waals surface area (Å²) in [7, 11) is 0. The second-order valence-corrected chi connectivity index (χ2v) is 5.56. The van der Waals surface area contributed by atoms with Crippen molar-refractivity contribution in [1.29, 1.82) is 0 Å². The van der Waals surface area contributed by atoms with Crippen molar-refractivity contribution in [2.75, 3.05) is 10.6 Å². The summed E-state index contributed by atoms with van der Waals surface area (Å²) in [6.45, 7) is 0. The molecule has 0 bridgehead atoms. The van der Waals surface area contributed by atoms with E-state index in [1.807, 2.05) is 24.3 Å². The van der Waals surface area contributed by atoms with Crippen LogP contribution in [0.15, 0.2) is 48.5 Å². The van der Waals surface area contributed by atoms with Gasteiger partial charge in [0.1, 0.15) is 11.9 Å². The maximum absolute atomic E-state index is 13.3. The molecule has 3 aromatic rings. The number of nitrogens with one attached hydrogen (secondary N) is 2. The molecule has 2 amide bonds. The lowest BCUT2D eigenvalue weighted by Crippen LogP contribution is -2.35. The molecular weight excluding hydrogens is 311 g/mol. The van der Waals surface area contributed by atoms with Crippen LogP contribution in [0.2, 0.25) is 0 Å². The molecular formula is C17H13FN4O2. The van der Waals surface area contributed by atoms with Crippen LogP contribution in [0.4, 0.5) is 16.0 Å². The smallest absolute Gasteiger partial charge is 0.248 e. The summed E-state index contributed by atoms with van der Waals surface area (Å²) in [5, 5.41) is 5.34. The number of carbonyl (C=O) groups excluding carboxylic acids is 2. The summed E-state index contributed by atoms with van der Waals surface area (Å²) < 4.78 is 15.0. The Balaban J connectivity index is 1.73. The summed E-state index contributed by atoms with van der Waals surface area (Å²) in [5.41, 5.74) is 1.79. The molecule has 1 aromatic heterocycles. The molecule has 0 fully saturated rings. The molecule has 2 N–H and O–H groups in total. The van der Waals surface area contributed by atoms with E-state index >= 15 is 0 Å². The number of carbonyl (C=O) groups is 2.